The van der Waals surface area contributed by atoms with Crippen LogP contribution in [0.4, 0.5) is 5.69 Å². The zero-order valence-electron chi connectivity index (χ0n) is 11.1. The molecule has 0 fully saturated rings. The average Bonchev–Trinajstić information content (AvgIpc) is 2.39. The molecule has 100 valence electrons. The second-order valence-corrected chi connectivity index (χ2v) is 4.93. The lowest BCUT2D eigenvalue weighted by molar-refractivity contribution is 0.242. The molecule has 3 nitrogen and oxygen atoms in total. The van der Waals surface area contributed by atoms with E-state index in [9.17, 15) is 0 Å². The zero-order valence-corrected chi connectivity index (χ0v) is 11.8. The summed E-state index contributed by atoms with van der Waals surface area (Å²) >= 11 is 6.03. The molecular weight excluding hydrogens is 260 g/mol. The number of benzene rings is 1. The molecule has 0 saturated heterocycles. The third-order valence-electron chi connectivity index (χ3n) is 2.55. The van der Waals surface area contributed by atoms with E-state index in [-0.39, 0.29) is 6.10 Å². The number of pyridine rings is 1. The lowest BCUT2D eigenvalue weighted by Crippen LogP contribution is -2.05. The third-order valence-corrected chi connectivity index (χ3v) is 2.85. The summed E-state index contributed by atoms with van der Waals surface area (Å²) in [5, 5.41) is 3.90. The monoisotopic (exact) mass is 276 g/mol. The molecule has 1 aromatic carbocycles. The highest BCUT2D eigenvalue weighted by molar-refractivity contribution is 6.33. The summed E-state index contributed by atoms with van der Waals surface area (Å²) in [4.78, 5) is 3.95. The van der Waals surface area contributed by atoms with E-state index >= 15 is 0 Å². The molecule has 0 aliphatic carbocycles. The smallest absolute Gasteiger partial charge is 0.119 e. The average molecular weight is 277 g/mol. The first-order chi connectivity index (χ1) is 9.15. The molecule has 0 aliphatic heterocycles. The highest BCUT2D eigenvalue weighted by Crippen LogP contribution is 2.20. The van der Waals surface area contributed by atoms with Gasteiger partial charge in [0, 0.05) is 18.9 Å². The number of nitrogens with zero attached hydrogens (tertiary/aromatic N) is 1. The molecule has 0 atom stereocenters. The molecule has 0 unspecified atom stereocenters. The van der Waals surface area contributed by atoms with Crippen LogP contribution < -0.4 is 10.1 Å². The Morgan fingerprint density at radius 1 is 1.21 bits per heavy atom. The summed E-state index contributed by atoms with van der Waals surface area (Å²) in [6, 6.07) is 9.90. The maximum atomic E-state index is 6.03. The normalized spacial score (nSPS) is 10.5. The molecule has 0 bridgehead atoms. The van der Waals surface area contributed by atoms with Crippen LogP contribution in [-0.2, 0) is 6.54 Å². The lowest BCUT2D eigenvalue weighted by Gasteiger charge is -2.11. The Balaban J connectivity index is 1.95. The summed E-state index contributed by atoms with van der Waals surface area (Å²) < 4.78 is 5.60. The van der Waals surface area contributed by atoms with Crippen molar-refractivity contribution in [3.8, 4) is 5.75 Å². The topological polar surface area (TPSA) is 34.1 Å². The van der Waals surface area contributed by atoms with Crippen LogP contribution in [0.5, 0.6) is 5.75 Å². The number of hydrogen-bond donors (Lipinski definition) is 1. The lowest BCUT2D eigenvalue weighted by atomic mass is 10.2. The van der Waals surface area contributed by atoms with E-state index in [2.05, 4.69) is 10.3 Å². The van der Waals surface area contributed by atoms with Gasteiger partial charge in [-0.25, -0.2) is 0 Å². The van der Waals surface area contributed by atoms with Gasteiger partial charge >= 0.3 is 0 Å². The standard InChI is InChI=1S/C15H17ClN2O/c1-11(2)19-13-5-3-12(4-6-13)9-18-15-7-8-17-10-14(15)16/h3-8,10-11H,9H2,1-2H3,(H,17,18). The van der Waals surface area contributed by atoms with Crippen molar-refractivity contribution >= 4 is 17.3 Å². The van der Waals surface area contributed by atoms with Gasteiger partial charge in [-0.15, -0.1) is 0 Å². The fourth-order valence-corrected chi connectivity index (χ4v) is 1.86. The van der Waals surface area contributed by atoms with Gasteiger partial charge in [-0.3, -0.25) is 4.98 Å². The van der Waals surface area contributed by atoms with Gasteiger partial charge in [0.05, 0.1) is 16.8 Å². The fourth-order valence-electron chi connectivity index (χ4n) is 1.67. The molecule has 4 heteroatoms. The van der Waals surface area contributed by atoms with Gasteiger partial charge in [0.15, 0.2) is 0 Å². The Bertz CT molecular complexity index is 526. The van der Waals surface area contributed by atoms with E-state index in [4.69, 9.17) is 16.3 Å². The minimum atomic E-state index is 0.194. The first kappa shape index (κ1) is 13.7. The summed E-state index contributed by atoms with van der Waals surface area (Å²) in [5.41, 5.74) is 2.06. The quantitative estimate of drug-likeness (QED) is 0.891. The fraction of sp³-hybridized carbons (Fsp3) is 0.267. The summed E-state index contributed by atoms with van der Waals surface area (Å²) in [6.45, 7) is 4.74. The van der Waals surface area contributed by atoms with Gasteiger partial charge < -0.3 is 10.1 Å². The van der Waals surface area contributed by atoms with E-state index < -0.39 is 0 Å². The molecule has 1 heterocycles. The van der Waals surface area contributed by atoms with Gasteiger partial charge in [0.1, 0.15) is 5.75 Å². The molecule has 0 saturated carbocycles. The summed E-state index contributed by atoms with van der Waals surface area (Å²) in [5.74, 6) is 0.890. The van der Waals surface area contributed by atoms with Gasteiger partial charge in [-0.1, -0.05) is 23.7 Å². The molecule has 0 radical (unpaired) electrons. The largest absolute Gasteiger partial charge is 0.491 e. The number of rotatable bonds is 5. The zero-order chi connectivity index (χ0) is 13.7. The highest BCUT2D eigenvalue weighted by atomic mass is 35.5. The first-order valence-electron chi connectivity index (χ1n) is 6.24. The van der Waals surface area contributed by atoms with Crippen LogP contribution in [0.15, 0.2) is 42.7 Å². The van der Waals surface area contributed by atoms with Gasteiger partial charge in [-0.05, 0) is 37.6 Å². The Morgan fingerprint density at radius 3 is 2.58 bits per heavy atom. The van der Waals surface area contributed by atoms with E-state index in [1.807, 2.05) is 44.2 Å². The number of anilines is 1. The number of nitrogens with one attached hydrogen (secondary N) is 1. The molecule has 19 heavy (non-hydrogen) atoms. The predicted molar refractivity (Wildman–Crippen MR) is 78.8 cm³/mol. The predicted octanol–water partition coefficient (Wildman–Crippen LogP) is 4.13. The van der Waals surface area contributed by atoms with Gasteiger partial charge in [-0.2, -0.15) is 0 Å². The Morgan fingerprint density at radius 2 is 1.95 bits per heavy atom. The van der Waals surface area contributed by atoms with Crippen molar-refractivity contribution in [3.05, 3.63) is 53.3 Å². The summed E-state index contributed by atoms with van der Waals surface area (Å²) in [7, 11) is 0. The van der Waals surface area contributed by atoms with Crippen molar-refractivity contribution in [1.29, 1.82) is 0 Å². The molecule has 2 aromatic rings. The maximum Gasteiger partial charge on any atom is 0.119 e. The number of halogens is 1. The van der Waals surface area contributed by atoms with Crippen LogP contribution in [0.3, 0.4) is 0 Å². The molecule has 0 amide bonds. The minimum Gasteiger partial charge on any atom is -0.491 e. The second-order valence-electron chi connectivity index (χ2n) is 4.52. The Labute approximate surface area is 118 Å². The number of aromatic nitrogens is 1. The number of ether oxygens (including phenoxy) is 1. The molecular formula is C15H17ClN2O. The van der Waals surface area contributed by atoms with Gasteiger partial charge in [0.2, 0.25) is 0 Å². The van der Waals surface area contributed by atoms with Crippen molar-refractivity contribution in [2.24, 2.45) is 0 Å². The van der Waals surface area contributed by atoms with E-state index in [0.29, 0.717) is 11.6 Å². The van der Waals surface area contributed by atoms with Crippen LogP contribution in [0, 0.1) is 0 Å². The molecule has 0 spiro atoms. The molecule has 0 aliphatic rings. The first-order valence-corrected chi connectivity index (χ1v) is 6.62. The summed E-state index contributed by atoms with van der Waals surface area (Å²) in [6.07, 6.45) is 3.54. The van der Waals surface area contributed by atoms with Crippen molar-refractivity contribution in [3.63, 3.8) is 0 Å². The van der Waals surface area contributed by atoms with Crippen LogP contribution in [0.25, 0.3) is 0 Å². The van der Waals surface area contributed by atoms with E-state index in [1.165, 1.54) is 5.56 Å². The minimum absolute atomic E-state index is 0.194. The Hall–Kier alpha value is -1.74. The SMILES string of the molecule is CC(C)Oc1ccc(CNc2ccncc2Cl)cc1. The van der Waals surface area contributed by atoms with E-state index in [0.717, 1.165) is 11.4 Å². The molecule has 1 aromatic heterocycles. The van der Waals surface area contributed by atoms with Crippen molar-refractivity contribution < 1.29 is 4.74 Å². The van der Waals surface area contributed by atoms with Crippen LogP contribution in [-0.4, -0.2) is 11.1 Å². The van der Waals surface area contributed by atoms with Crippen molar-refractivity contribution in [2.75, 3.05) is 5.32 Å². The Kier molecular flexibility index (Phi) is 4.63. The van der Waals surface area contributed by atoms with Gasteiger partial charge in [0.25, 0.3) is 0 Å². The second kappa shape index (κ2) is 6.43. The van der Waals surface area contributed by atoms with Crippen LogP contribution in [0.2, 0.25) is 5.02 Å². The van der Waals surface area contributed by atoms with Crippen molar-refractivity contribution in [1.82, 2.24) is 4.98 Å². The molecule has 2 rings (SSSR count). The van der Waals surface area contributed by atoms with E-state index in [1.54, 1.807) is 12.4 Å². The highest BCUT2D eigenvalue weighted by Gasteiger charge is 2.00. The molecule has 1 N–H and O–H groups in total. The third kappa shape index (κ3) is 4.14. The van der Waals surface area contributed by atoms with Crippen LogP contribution >= 0.6 is 11.6 Å². The van der Waals surface area contributed by atoms with Crippen LogP contribution in [0.1, 0.15) is 19.4 Å². The van der Waals surface area contributed by atoms with Crippen molar-refractivity contribution in [2.45, 2.75) is 26.5 Å². The number of hydrogen-bond acceptors (Lipinski definition) is 3. The maximum absolute atomic E-state index is 6.03.